The molecule has 0 saturated carbocycles. The van der Waals surface area contributed by atoms with E-state index in [0.29, 0.717) is 17.0 Å². The Morgan fingerprint density at radius 3 is 2.60 bits per heavy atom. The molecular formula is C19H25N3O3. The molecule has 0 saturated heterocycles. The van der Waals surface area contributed by atoms with Gasteiger partial charge in [-0.3, -0.25) is 9.59 Å². The number of amides is 2. The maximum absolute atomic E-state index is 12.7. The van der Waals surface area contributed by atoms with Crippen LogP contribution in [0.2, 0.25) is 0 Å². The lowest BCUT2D eigenvalue weighted by molar-refractivity contribution is -0.116. The quantitative estimate of drug-likeness (QED) is 0.872. The first kappa shape index (κ1) is 18.7. The zero-order valence-corrected chi connectivity index (χ0v) is 15.4. The van der Waals surface area contributed by atoms with E-state index in [0.717, 1.165) is 17.7 Å². The van der Waals surface area contributed by atoms with Crippen molar-refractivity contribution in [1.29, 1.82) is 0 Å². The Morgan fingerprint density at radius 1 is 1.28 bits per heavy atom. The number of anilines is 1. The van der Waals surface area contributed by atoms with Crippen molar-refractivity contribution in [1.82, 2.24) is 10.1 Å². The summed E-state index contributed by atoms with van der Waals surface area (Å²) in [5.74, 6) is 0.0863. The van der Waals surface area contributed by atoms with Crippen molar-refractivity contribution in [3.8, 4) is 0 Å². The second-order valence-corrected chi connectivity index (χ2v) is 6.38. The number of hydrogen-bond acceptors (Lipinski definition) is 4. The molecule has 6 nitrogen and oxygen atoms in total. The number of aryl methyl sites for hydroxylation is 2. The zero-order chi connectivity index (χ0) is 18.6. The van der Waals surface area contributed by atoms with E-state index < -0.39 is 0 Å². The van der Waals surface area contributed by atoms with Gasteiger partial charge in [0.15, 0.2) is 5.76 Å². The van der Waals surface area contributed by atoms with Gasteiger partial charge in [-0.15, -0.1) is 0 Å². The summed E-state index contributed by atoms with van der Waals surface area (Å²) in [5, 5.41) is 6.76. The van der Waals surface area contributed by atoms with Gasteiger partial charge in [-0.05, 0) is 25.0 Å². The molecule has 2 rings (SSSR count). The topological polar surface area (TPSA) is 75.4 Å². The fraction of sp³-hybridized carbons (Fsp3) is 0.421. The minimum absolute atomic E-state index is 0.0406. The third kappa shape index (κ3) is 4.26. The fourth-order valence-electron chi connectivity index (χ4n) is 2.66. The molecule has 25 heavy (non-hydrogen) atoms. The van der Waals surface area contributed by atoms with Crippen LogP contribution in [-0.4, -0.2) is 35.5 Å². The molecule has 2 aromatic rings. The molecule has 0 fully saturated rings. The third-order valence-electron chi connectivity index (χ3n) is 4.03. The van der Waals surface area contributed by atoms with E-state index in [4.69, 9.17) is 4.52 Å². The van der Waals surface area contributed by atoms with Gasteiger partial charge in [0, 0.05) is 18.7 Å². The van der Waals surface area contributed by atoms with Gasteiger partial charge < -0.3 is 14.7 Å². The summed E-state index contributed by atoms with van der Waals surface area (Å²) in [7, 11) is 1.60. The van der Waals surface area contributed by atoms with Crippen LogP contribution in [0.1, 0.15) is 54.1 Å². The molecule has 0 aliphatic rings. The van der Waals surface area contributed by atoms with Crippen molar-refractivity contribution >= 4 is 17.5 Å². The molecular weight excluding hydrogens is 318 g/mol. The molecule has 0 spiro atoms. The van der Waals surface area contributed by atoms with Gasteiger partial charge in [-0.1, -0.05) is 44.1 Å². The van der Waals surface area contributed by atoms with E-state index in [2.05, 4.69) is 10.5 Å². The normalized spacial score (nSPS) is 10.8. The highest BCUT2D eigenvalue weighted by Crippen LogP contribution is 2.23. The van der Waals surface area contributed by atoms with Gasteiger partial charge in [0.1, 0.15) is 5.56 Å². The van der Waals surface area contributed by atoms with E-state index in [9.17, 15) is 9.59 Å². The first-order chi connectivity index (χ1) is 11.8. The molecule has 6 heteroatoms. The van der Waals surface area contributed by atoms with E-state index in [1.807, 2.05) is 45.0 Å². The van der Waals surface area contributed by atoms with E-state index in [1.165, 1.54) is 4.90 Å². The average Bonchev–Trinajstić information content (AvgIpc) is 2.96. The molecule has 1 aromatic carbocycles. The van der Waals surface area contributed by atoms with Gasteiger partial charge in [-0.25, -0.2) is 0 Å². The summed E-state index contributed by atoms with van der Waals surface area (Å²) in [4.78, 5) is 26.4. The number of benzene rings is 1. The highest BCUT2D eigenvalue weighted by Gasteiger charge is 2.26. The maximum atomic E-state index is 12.7. The largest absolute Gasteiger partial charge is 0.360 e. The Balaban J connectivity index is 2.09. The summed E-state index contributed by atoms with van der Waals surface area (Å²) in [6, 6.07) is 7.64. The van der Waals surface area contributed by atoms with Crippen molar-refractivity contribution in [3.05, 3.63) is 46.8 Å². The van der Waals surface area contributed by atoms with Crippen molar-refractivity contribution in [2.45, 2.75) is 40.0 Å². The highest BCUT2D eigenvalue weighted by molar-refractivity contribution is 6.00. The van der Waals surface area contributed by atoms with Gasteiger partial charge >= 0.3 is 0 Å². The Morgan fingerprint density at radius 2 is 1.96 bits per heavy atom. The first-order valence-electron chi connectivity index (χ1n) is 8.44. The maximum Gasteiger partial charge on any atom is 0.259 e. The van der Waals surface area contributed by atoms with Crippen LogP contribution in [0.25, 0.3) is 0 Å². The lowest BCUT2D eigenvalue weighted by Crippen LogP contribution is -2.35. The number of carbonyl (C=O) groups excluding carboxylic acids is 2. The van der Waals surface area contributed by atoms with Crippen molar-refractivity contribution in [2.75, 3.05) is 18.9 Å². The predicted molar refractivity (Wildman–Crippen MR) is 96.7 cm³/mol. The van der Waals surface area contributed by atoms with E-state index >= 15 is 0 Å². The number of aromatic nitrogens is 1. The van der Waals surface area contributed by atoms with Gasteiger partial charge in [-0.2, -0.15) is 0 Å². The lowest BCUT2D eigenvalue weighted by Gasteiger charge is -2.18. The number of carbonyl (C=O) groups is 2. The van der Waals surface area contributed by atoms with Gasteiger partial charge in [0.25, 0.3) is 5.91 Å². The Kier molecular flexibility index (Phi) is 5.96. The Labute approximate surface area is 148 Å². The minimum Gasteiger partial charge on any atom is -0.360 e. The standard InChI is InChI=1S/C19H25N3O3/c1-6-14-9-7-8-10-15(14)20-16(23)11-22(5)19(24)17-13(4)21-25-18(17)12(2)3/h7-10,12H,6,11H2,1-5H3,(H,20,23). The Bertz CT molecular complexity index is 765. The second-order valence-electron chi connectivity index (χ2n) is 6.38. The Hall–Kier alpha value is -2.63. The predicted octanol–water partition coefficient (Wildman–Crippen LogP) is 3.38. The first-order valence-corrected chi connectivity index (χ1v) is 8.44. The fourth-order valence-corrected chi connectivity index (χ4v) is 2.66. The van der Waals surface area contributed by atoms with Gasteiger partial charge in [0.2, 0.25) is 5.91 Å². The van der Waals surface area contributed by atoms with Crippen molar-refractivity contribution in [2.24, 2.45) is 0 Å². The van der Waals surface area contributed by atoms with Crippen LogP contribution in [-0.2, 0) is 11.2 Å². The van der Waals surface area contributed by atoms with Crippen molar-refractivity contribution in [3.63, 3.8) is 0 Å². The number of likely N-dealkylation sites (N-methyl/N-ethyl adjacent to an activating group) is 1. The molecule has 0 unspecified atom stereocenters. The molecule has 0 aliphatic heterocycles. The average molecular weight is 343 g/mol. The minimum atomic E-state index is -0.263. The second kappa shape index (κ2) is 7.96. The summed E-state index contributed by atoms with van der Waals surface area (Å²) in [6.07, 6.45) is 0.822. The van der Waals surface area contributed by atoms with Crippen LogP contribution in [0.3, 0.4) is 0 Å². The molecule has 1 aromatic heterocycles. The summed E-state index contributed by atoms with van der Waals surface area (Å²) in [5.41, 5.74) is 2.82. The SMILES string of the molecule is CCc1ccccc1NC(=O)CN(C)C(=O)c1c(C)noc1C(C)C. The molecule has 1 N–H and O–H groups in total. The molecule has 0 radical (unpaired) electrons. The number of para-hydroxylation sites is 1. The van der Waals surface area contributed by atoms with Crippen LogP contribution in [0.5, 0.6) is 0 Å². The summed E-state index contributed by atoms with van der Waals surface area (Å²) >= 11 is 0. The highest BCUT2D eigenvalue weighted by atomic mass is 16.5. The molecule has 1 heterocycles. The number of nitrogens with zero attached hydrogens (tertiary/aromatic N) is 2. The number of hydrogen-bond donors (Lipinski definition) is 1. The van der Waals surface area contributed by atoms with Crippen molar-refractivity contribution < 1.29 is 14.1 Å². The summed E-state index contributed by atoms with van der Waals surface area (Å²) in [6.45, 7) is 7.59. The molecule has 134 valence electrons. The number of rotatable bonds is 6. The van der Waals surface area contributed by atoms with Gasteiger partial charge in [0.05, 0.1) is 12.2 Å². The molecule has 0 aliphatic carbocycles. The lowest BCUT2D eigenvalue weighted by atomic mass is 10.0. The molecule has 2 amide bonds. The van der Waals surface area contributed by atoms with Crippen LogP contribution >= 0.6 is 0 Å². The monoisotopic (exact) mass is 343 g/mol. The van der Waals surface area contributed by atoms with E-state index in [1.54, 1.807) is 14.0 Å². The van der Waals surface area contributed by atoms with Crippen LogP contribution in [0, 0.1) is 6.92 Å². The van der Waals surface area contributed by atoms with E-state index in [-0.39, 0.29) is 24.3 Å². The summed E-state index contributed by atoms with van der Waals surface area (Å²) < 4.78 is 5.26. The van der Waals surface area contributed by atoms with Crippen LogP contribution in [0.4, 0.5) is 5.69 Å². The van der Waals surface area contributed by atoms with Crippen LogP contribution < -0.4 is 5.32 Å². The smallest absolute Gasteiger partial charge is 0.259 e. The third-order valence-corrected chi connectivity index (χ3v) is 4.03. The zero-order valence-electron chi connectivity index (χ0n) is 15.4. The number of nitrogens with one attached hydrogen (secondary N) is 1. The molecule has 0 bridgehead atoms. The molecule has 0 atom stereocenters. The van der Waals surface area contributed by atoms with Crippen LogP contribution in [0.15, 0.2) is 28.8 Å².